The number of amides is 1. The largest absolute Gasteiger partial charge is 0.380 e. The van der Waals surface area contributed by atoms with Crippen LogP contribution in [0.3, 0.4) is 0 Å². The number of nitrogens with one attached hydrogen (secondary N) is 2. The maximum Gasteiger partial charge on any atom is 0.239 e. The van der Waals surface area contributed by atoms with Crippen LogP contribution in [0.4, 0.5) is 0 Å². The number of H-pyrrole nitrogens is 1. The summed E-state index contributed by atoms with van der Waals surface area (Å²) in [6.07, 6.45) is 10.2. The number of pyridine rings is 1. The summed E-state index contributed by atoms with van der Waals surface area (Å²) in [5.41, 5.74) is 9.20. The zero-order valence-electron chi connectivity index (χ0n) is 23.3. The second-order valence-corrected chi connectivity index (χ2v) is 13.0. The van der Waals surface area contributed by atoms with Gasteiger partial charge in [0.05, 0.1) is 17.8 Å². The molecule has 2 atom stereocenters. The molecule has 0 radical (unpaired) electrons. The fourth-order valence-corrected chi connectivity index (χ4v) is 8.74. The lowest BCUT2D eigenvalue weighted by molar-refractivity contribution is -0.134. The number of hydrogen-bond donors (Lipinski definition) is 2. The highest BCUT2D eigenvalue weighted by Crippen LogP contribution is 2.47. The van der Waals surface area contributed by atoms with Gasteiger partial charge in [-0.3, -0.25) is 4.79 Å². The Morgan fingerprint density at radius 1 is 1.21 bits per heavy atom. The minimum Gasteiger partial charge on any atom is -0.380 e. The fraction of sp³-hybridized carbons (Fsp3) is 0.567. The van der Waals surface area contributed by atoms with Crippen molar-refractivity contribution in [1.82, 2.24) is 29.8 Å². The zero-order valence-corrected chi connectivity index (χ0v) is 24.2. The van der Waals surface area contributed by atoms with Gasteiger partial charge in [0, 0.05) is 54.3 Å². The lowest BCUT2D eigenvalue weighted by Crippen LogP contribution is -2.46. The summed E-state index contributed by atoms with van der Waals surface area (Å²) >= 11 is 1.93. The van der Waals surface area contributed by atoms with Crippen molar-refractivity contribution in [3.63, 3.8) is 0 Å². The topological polar surface area (TPSA) is 87.5 Å². The van der Waals surface area contributed by atoms with Gasteiger partial charge in [0.2, 0.25) is 5.91 Å². The van der Waals surface area contributed by atoms with Gasteiger partial charge in [0.25, 0.3) is 0 Å². The molecular weight excluding hydrogens is 508 g/mol. The summed E-state index contributed by atoms with van der Waals surface area (Å²) in [4.78, 5) is 26.4. The van der Waals surface area contributed by atoms with Gasteiger partial charge < -0.3 is 19.9 Å². The molecule has 0 bridgehead atoms. The number of piperidine rings is 1. The smallest absolute Gasteiger partial charge is 0.239 e. The van der Waals surface area contributed by atoms with Crippen LogP contribution in [0.15, 0.2) is 12.5 Å². The Balaban J connectivity index is 1.18. The van der Waals surface area contributed by atoms with Crippen LogP contribution in [0.5, 0.6) is 0 Å². The molecule has 2 aliphatic heterocycles. The number of fused-ring (bicyclic) bond motifs is 4. The SMILES string of the molecule is CO[C@H]1CN[C@@H](C(=O)N2CCC(c3sc4[nH]c(-c5cn6ncnc6c6c5CCC6)c(C(C)C)c4c3C)CC2)C1. The molecule has 9 heteroatoms. The van der Waals surface area contributed by atoms with Crippen molar-refractivity contribution < 1.29 is 9.53 Å². The molecule has 3 aliphatic rings. The van der Waals surface area contributed by atoms with Crippen molar-refractivity contribution in [2.75, 3.05) is 26.7 Å². The number of nitrogens with zero attached hydrogens (tertiary/aromatic N) is 4. The van der Waals surface area contributed by atoms with Gasteiger partial charge in [-0.05, 0) is 74.0 Å². The molecule has 0 saturated carbocycles. The van der Waals surface area contributed by atoms with Crippen LogP contribution in [0, 0.1) is 6.92 Å². The van der Waals surface area contributed by atoms with Crippen LogP contribution in [0.25, 0.3) is 27.1 Å². The number of methoxy groups -OCH3 is 1. The highest BCUT2D eigenvalue weighted by Gasteiger charge is 2.35. The van der Waals surface area contributed by atoms with Crippen molar-refractivity contribution in [2.24, 2.45) is 0 Å². The van der Waals surface area contributed by atoms with Crippen molar-refractivity contribution in [1.29, 1.82) is 0 Å². The Morgan fingerprint density at radius 3 is 2.74 bits per heavy atom. The molecule has 2 N–H and O–H groups in total. The number of carbonyl (C=O) groups is 1. The molecule has 0 aromatic carbocycles. The first kappa shape index (κ1) is 25.2. The highest BCUT2D eigenvalue weighted by molar-refractivity contribution is 7.19. The Bertz CT molecular complexity index is 1560. The quantitative estimate of drug-likeness (QED) is 0.370. The average molecular weight is 547 g/mol. The van der Waals surface area contributed by atoms with E-state index in [9.17, 15) is 4.79 Å². The van der Waals surface area contributed by atoms with E-state index in [1.54, 1.807) is 13.4 Å². The Labute approximate surface area is 233 Å². The molecular formula is C30H38N6O2S. The van der Waals surface area contributed by atoms with Gasteiger partial charge >= 0.3 is 0 Å². The van der Waals surface area contributed by atoms with E-state index in [0.717, 1.165) is 57.4 Å². The first-order valence-corrected chi connectivity index (χ1v) is 15.3. The van der Waals surface area contributed by atoms with E-state index >= 15 is 0 Å². The lowest BCUT2D eigenvalue weighted by atomic mass is 9.89. The van der Waals surface area contributed by atoms with E-state index in [-0.39, 0.29) is 18.1 Å². The third-order valence-corrected chi connectivity index (χ3v) is 10.7. The number of thiophene rings is 1. The van der Waals surface area contributed by atoms with E-state index in [4.69, 9.17) is 4.74 Å². The van der Waals surface area contributed by atoms with Crippen LogP contribution in [0.2, 0.25) is 0 Å². The Kier molecular flexibility index (Phi) is 6.28. The van der Waals surface area contributed by atoms with E-state index in [0.29, 0.717) is 11.8 Å². The van der Waals surface area contributed by atoms with Crippen LogP contribution in [0.1, 0.15) is 78.5 Å². The number of likely N-dealkylation sites (tertiary alicyclic amines) is 1. The lowest BCUT2D eigenvalue weighted by Gasteiger charge is -2.33. The van der Waals surface area contributed by atoms with Crippen molar-refractivity contribution >= 4 is 33.1 Å². The molecule has 39 heavy (non-hydrogen) atoms. The summed E-state index contributed by atoms with van der Waals surface area (Å²) in [6, 6.07) is -0.0988. The van der Waals surface area contributed by atoms with Crippen LogP contribution >= 0.6 is 11.3 Å². The second-order valence-electron chi connectivity index (χ2n) is 11.9. The number of aryl methyl sites for hydroxylation is 2. The van der Waals surface area contributed by atoms with Crippen molar-refractivity contribution in [2.45, 2.75) is 83.3 Å². The molecule has 1 amide bonds. The Hall–Kier alpha value is -2.75. The summed E-state index contributed by atoms with van der Waals surface area (Å²) in [6.45, 7) is 9.36. The summed E-state index contributed by atoms with van der Waals surface area (Å²) in [7, 11) is 1.73. The molecule has 2 saturated heterocycles. The minimum atomic E-state index is -0.0988. The molecule has 4 aromatic rings. The van der Waals surface area contributed by atoms with Crippen LogP contribution < -0.4 is 5.32 Å². The van der Waals surface area contributed by atoms with E-state index in [1.807, 2.05) is 15.9 Å². The molecule has 206 valence electrons. The molecule has 2 fully saturated rings. The highest BCUT2D eigenvalue weighted by atomic mass is 32.1. The molecule has 0 unspecified atom stereocenters. The maximum atomic E-state index is 13.1. The van der Waals surface area contributed by atoms with Gasteiger partial charge in [-0.25, -0.2) is 9.50 Å². The predicted octanol–water partition coefficient (Wildman–Crippen LogP) is 4.94. The number of hydrogen-bond acceptors (Lipinski definition) is 6. The summed E-state index contributed by atoms with van der Waals surface area (Å²) in [5, 5.41) is 9.26. The zero-order chi connectivity index (χ0) is 26.8. The molecule has 0 spiro atoms. The molecule has 4 aromatic heterocycles. The average Bonchev–Trinajstić information content (AvgIpc) is 3.76. The number of aromatic amines is 1. The number of rotatable bonds is 5. The van der Waals surface area contributed by atoms with Gasteiger partial charge in [0.1, 0.15) is 11.2 Å². The van der Waals surface area contributed by atoms with Gasteiger partial charge in [-0.2, -0.15) is 5.10 Å². The summed E-state index contributed by atoms with van der Waals surface area (Å²) in [5.74, 6) is 1.14. The van der Waals surface area contributed by atoms with E-state index in [2.05, 4.69) is 52.3 Å². The Morgan fingerprint density at radius 2 is 2.00 bits per heavy atom. The van der Waals surface area contributed by atoms with Gasteiger partial charge in [-0.1, -0.05) is 13.8 Å². The minimum absolute atomic E-state index is 0.0988. The number of ether oxygens (including phenoxy) is 1. The first-order chi connectivity index (χ1) is 18.9. The van der Waals surface area contributed by atoms with Crippen molar-refractivity contribution in [3.05, 3.63) is 39.7 Å². The van der Waals surface area contributed by atoms with Crippen LogP contribution in [-0.2, 0) is 22.4 Å². The van der Waals surface area contributed by atoms with Gasteiger partial charge in [-0.15, -0.1) is 11.3 Å². The monoisotopic (exact) mass is 546 g/mol. The third kappa shape index (κ3) is 4.04. The van der Waals surface area contributed by atoms with E-state index in [1.165, 1.54) is 55.0 Å². The number of carbonyl (C=O) groups excluding carboxylic acids is 1. The molecule has 1 aliphatic carbocycles. The van der Waals surface area contributed by atoms with Crippen LogP contribution in [-0.4, -0.2) is 69.3 Å². The molecule has 8 nitrogen and oxygen atoms in total. The molecule has 6 heterocycles. The molecule has 7 rings (SSSR count). The standard InChI is InChI=1S/C30H38N6O2S/c1-16(2)24-25-17(3)27(18-8-10-35(11-9-18)30(37)23-12-19(38-4)13-31-23)39-29(25)34-26(24)22-14-36-28(32-15-33-36)21-7-5-6-20(21)22/h14-16,18-19,23,31,34H,5-13H2,1-4H3/t19-,23-/m1/s1. The van der Waals surface area contributed by atoms with Crippen molar-refractivity contribution in [3.8, 4) is 11.3 Å². The summed E-state index contributed by atoms with van der Waals surface area (Å²) < 4.78 is 7.41. The predicted molar refractivity (Wildman–Crippen MR) is 155 cm³/mol. The maximum absolute atomic E-state index is 13.1. The third-order valence-electron chi connectivity index (χ3n) is 9.34. The fourth-order valence-electron chi connectivity index (χ4n) is 7.35. The normalized spacial score (nSPS) is 22.1. The first-order valence-electron chi connectivity index (χ1n) is 14.5. The van der Waals surface area contributed by atoms with E-state index < -0.39 is 0 Å². The number of aromatic nitrogens is 4. The van der Waals surface area contributed by atoms with Gasteiger partial charge in [0.15, 0.2) is 5.65 Å². The second kappa shape index (κ2) is 9.71.